The highest BCUT2D eigenvalue weighted by atomic mass is 32.1. The standard InChI is InChI=1S/C21H31N3O2S/c1-16-6-4-5-9-24(16)20(25)14-22-10-12-23(13-11-22)21(26)18-15-27-19-8-3-2-7-17(18)19/h15-16H,2-14H2,1H3. The van der Waals surface area contributed by atoms with Crippen LogP contribution in [0.4, 0.5) is 0 Å². The summed E-state index contributed by atoms with van der Waals surface area (Å²) in [6, 6.07) is 0.374. The Morgan fingerprint density at radius 3 is 2.59 bits per heavy atom. The normalized spacial score (nSPS) is 24.0. The van der Waals surface area contributed by atoms with Crippen LogP contribution < -0.4 is 0 Å². The Kier molecular flexibility index (Phi) is 5.83. The van der Waals surface area contributed by atoms with Crippen LogP contribution in [0, 0.1) is 0 Å². The van der Waals surface area contributed by atoms with Gasteiger partial charge < -0.3 is 9.80 Å². The number of thiophene rings is 1. The van der Waals surface area contributed by atoms with Crippen molar-refractivity contribution < 1.29 is 9.59 Å². The van der Waals surface area contributed by atoms with E-state index < -0.39 is 0 Å². The molecule has 4 rings (SSSR count). The van der Waals surface area contributed by atoms with E-state index in [0.29, 0.717) is 12.6 Å². The van der Waals surface area contributed by atoms with E-state index in [1.165, 1.54) is 29.7 Å². The average Bonchev–Trinajstić information content (AvgIpc) is 3.12. The third-order valence-electron chi connectivity index (χ3n) is 6.43. The van der Waals surface area contributed by atoms with Crippen molar-refractivity contribution in [3.8, 4) is 0 Å². The van der Waals surface area contributed by atoms with Crippen molar-refractivity contribution in [2.75, 3.05) is 39.3 Å². The maximum atomic E-state index is 13.0. The molecular weight excluding hydrogens is 358 g/mol. The molecule has 0 spiro atoms. The fourth-order valence-corrected chi connectivity index (χ4v) is 5.82. The number of likely N-dealkylation sites (tertiary alicyclic amines) is 1. The highest BCUT2D eigenvalue weighted by molar-refractivity contribution is 7.10. The van der Waals surface area contributed by atoms with Crippen LogP contribution in [0.3, 0.4) is 0 Å². The lowest BCUT2D eigenvalue weighted by atomic mass is 9.95. The molecule has 1 aromatic rings. The summed E-state index contributed by atoms with van der Waals surface area (Å²) in [5.41, 5.74) is 2.26. The molecule has 148 valence electrons. The van der Waals surface area contributed by atoms with Crippen LogP contribution >= 0.6 is 11.3 Å². The van der Waals surface area contributed by atoms with Gasteiger partial charge in [0.2, 0.25) is 5.91 Å². The number of hydrogen-bond acceptors (Lipinski definition) is 4. The van der Waals surface area contributed by atoms with Gasteiger partial charge in [0.05, 0.1) is 12.1 Å². The molecule has 0 N–H and O–H groups in total. The Balaban J connectivity index is 1.30. The van der Waals surface area contributed by atoms with Crippen LogP contribution in [-0.2, 0) is 17.6 Å². The summed E-state index contributed by atoms with van der Waals surface area (Å²) in [5.74, 6) is 0.457. The second-order valence-electron chi connectivity index (χ2n) is 8.26. The third-order valence-corrected chi connectivity index (χ3v) is 7.52. The molecule has 3 heterocycles. The summed E-state index contributed by atoms with van der Waals surface area (Å²) >= 11 is 1.76. The highest BCUT2D eigenvalue weighted by Gasteiger charge is 2.29. The number of rotatable bonds is 3. The molecule has 6 heteroatoms. The average molecular weight is 390 g/mol. The molecule has 3 aliphatic rings. The van der Waals surface area contributed by atoms with E-state index in [1.807, 2.05) is 4.90 Å². The molecule has 1 aromatic heterocycles. The van der Waals surface area contributed by atoms with Gasteiger partial charge in [0.15, 0.2) is 0 Å². The van der Waals surface area contributed by atoms with Gasteiger partial charge in [-0.05, 0) is 57.4 Å². The van der Waals surface area contributed by atoms with Crippen LogP contribution in [0.25, 0.3) is 0 Å². The maximum absolute atomic E-state index is 13.0. The van der Waals surface area contributed by atoms with Gasteiger partial charge in [-0.3, -0.25) is 14.5 Å². The van der Waals surface area contributed by atoms with Gasteiger partial charge in [-0.25, -0.2) is 0 Å². The van der Waals surface area contributed by atoms with Gasteiger partial charge in [-0.1, -0.05) is 0 Å². The van der Waals surface area contributed by atoms with Gasteiger partial charge in [0.25, 0.3) is 5.91 Å². The molecule has 2 saturated heterocycles. The van der Waals surface area contributed by atoms with Crippen molar-refractivity contribution in [1.82, 2.24) is 14.7 Å². The van der Waals surface area contributed by atoms with Crippen molar-refractivity contribution in [2.45, 2.75) is 57.9 Å². The fraction of sp³-hybridized carbons (Fsp3) is 0.714. The number of aryl methyl sites for hydroxylation is 1. The van der Waals surface area contributed by atoms with Crippen LogP contribution in [0.1, 0.15) is 59.8 Å². The van der Waals surface area contributed by atoms with Gasteiger partial charge in [0, 0.05) is 49.0 Å². The zero-order valence-corrected chi connectivity index (χ0v) is 17.2. The SMILES string of the molecule is CC1CCCCN1C(=O)CN1CCN(C(=O)c2csc3c2CCCC3)CC1. The van der Waals surface area contributed by atoms with E-state index in [2.05, 4.69) is 22.1 Å². The summed E-state index contributed by atoms with van der Waals surface area (Å²) < 4.78 is 0. The minimum atomic E-state index is 0.199. The zero-order valence-electron chi connectivity index (χ0n) is 16.4. The topological polar surface area (TPSA) is 43.9 Å². The monoisotopic (exact) mass is 389 g/mol. The Hall–Kier alpha value is -1.40. The van der Waals surface area contributed by atoms with E-state index in [1.54, 1.807) is 11.3 Å². The lowest BCUT2D eigenvalue weighted by Gasteiger charge is -2.38. The molecule has 1 aliphatic carbocycles. The molecule has 1 atom stereocenters. The first kappa shape index (κ1) is 18.9. The summed E-state index contributed by atoms with van der Waals surface area (Å²) in [7, 11) is 0. The molecule has 0 bridgehead atoms. The number of piperidine rings is 1. The number of piperazine rings is 1. The van der Waals surface area contributed by atoms with E-state index in [-0.39, 0.29) is 11.8 Å². The summed E-state index contributed by atoms with van der Waals surface area (Å²) in [4.78, 5) is 33.3. The van der Waals surface area contributed by atoms with Crippen molar-refractivity contribution in [2.24, 2.45) is 0 Å². The van der Waals surface area contributed by atoms with Gasteiger partial charge in [0.1, 0.15) is 0 Å². The Morgan fingerprint density at radius 2 is 1.81 bits per heavy atom. The number of hydrogen-bond donors (Lipinski definition) is 0. The molecule has 2 aliphatic heterocycles. The number of amides is 2. The first-order chi connectivity index (χ1) is 13.1. The predicted molar refractivity (Wildman–Crippen MR) is 108 cm³/mol. The van der Waals surface area contributed by atoms with Crippen molar-refractivity contribution in [3.63, 3.8) is 0 Å². The Bertz CT molecular complexity index is 694. The van der Waals surface area contributed by atoms with Crippen molar-refractivity contribution in [3.05, 3.63) is 21.4 Å². The second kappa shape index (κ2) is 8.31. The number of nitrogens with zero attached hydrogens (tertiary/aromatic N) is 3. The molecule has 0 radical (unpaired) electrons. The second-order valence-corrected chi connectivity index (χ2v) is 9.22. The van der Waals surface area contributed by atoms with E-state index in [4.69, 9.17) is 0 Å². The van der Waals surface area contributed by atoms with Crippen LogP contribution in [0.15, 0.2) is 5.38 Å². The largest absolute Gasteiger partial charge is 0.339 e. The predicted octanol–water partition coefficient (Wildman–Crippen LogP) is 2.79. The zero-order chi connectivity index (χ0) is 18.8. The number of carbonyl (C=O) groups excluding carboxylic acids is 2. The summed E-state index contributed by atoms with van der Waals surface area (Å²) in [6.07, 6.45) is 8.14. The molecule has 1 unspecified atom stereocenters. The molecule has 5 nitrogen and oxygen atoms in total. The minimum absolute atomic E-state index is 0.199. The van der Waals surface area contributed by atoms with Crippen LogP contribution in [0.2, 0.25) is 0 Å². The molecule has 2 amide bonds. The lowest BCUT2D eigenvalue weighted by molar-refractivity contribution is -0.136. The summed E-state index contributed by atoms with van der Waals surface area (Å²) in [6.45, 7) is 6.62. The maximum Gasteiger partial charge on any atom is 0.255 e. The smallest absolute Gasteiger partial charge is 0.255 e. The van der Waals surface area contributed by atoms with E-state index in [0.717, 1.165) is 64.0 Å². The quantitative estimate of drug-likeness (QED) is 0.798. The molecule has 2 fully saturated rings. The number of carbonyl (C=O) groups is 2. The first-order valence-corrected chi connectivity index (χ1v) is 11.4. The third kappa shape index (κ3) is 4.06. The van der Waals surface area contributed by atoms with Crippen LogP contribution in [0.5, 0.6) is 0 Å². The fourth-order valence-electron chi connectivity index (χ4n) is 4.70. The van der Waals surface area contributed by atoms with Crippen molar-refractivity contribution >= 4 is 23.2 Å². The Labute approximate surface area is 166 Å². The highest BCUT2D eigenvalue weighted by Crippen LogP contribution is 2.31. The van der Waals surface area contributed by atoms with E-state index >= 15 is 0 Å². The molecular formula is C21H31N3O2S. The first-order valence-electron chi connectivity index (χ1n) is 10.5. The molecule has 27 heavy (non-hydrogen) atoms. The molecule has 0 saturated carbocycles. The van der Waals surface area contributed by atoms with E-state index in [9.17, 15) is 9.59 Å². The Morgan fingerprint density at radius 1 is 1.04 bits per heavy atom. The van der Waals surface area contributed by atoms with Gasteiger partial charge in [-0.2, -0.15) is 0 Å². The summed E-state index contributed by atoms with van der Waals surface area (Å²) in [5, 5.41) is 2.08. The molecule has 0 aromatic carbocycles. The lowest BCUT2D eigenvalue weighted by Crippen LogP contribution is -2.53. The van der Waals surface area contributed by atoms with Gasteiger partial charge >= 0.3 is 0 Å². The van der Waals surface area contributed by atoms with Gasteiger partial charge in [-0.15, -0.1) is 11.3 Å². The van der Waals surface area contributed by atoms with Crippen molar-refractivity contribution in [1.29, 1.82) is 0 Å². The number of fused-ring (bicyclic) bond motifs is 1. The minimum Gasteiger partial charge on any atom is -0.339 e. The van der Waals surface area contributed by atoms with Crippen LogP contribution in [-0.4, -0.2) is 71.8 Å².